The van der Waals surface area contributed by atoms with Gasteiger partial charge in [-0.3, -0.25) is 14.6 Å². The molecule has 0 radical (unpaired) electrons. The van der Waals surface area contributed by atoms with Gasteiger partial charge in [-0.05, 0) is 43.0 Å². The summed E-state index contributed by atoms with van der Waals surface area (Å²) in [5, 5.41) is 4.78. The van der Waals surface area contributed by atoms with Gasteiger partial charge in [-0.2, -0.15) is 13.2 Å². The second-order valence-corrected chi connectivity index (χ2v) is 7.76. The fourth-order valence-corrected chi connectivity index (χ4v) is 3.80. The predicted octanol–water partition coefficient (Wildman–Crippen LogP) is 3.62. The molecule has 3 rings (SSSR count). The Kier molecular flexibility index (Phi) is 7.00. The van der Waals surface area contributed by atoms with Gasteiger partial charge in [-0.1, -0.05) is 12.1 Å². The molecular weight excluding hydrogens is 430 g/mol. The molecule has 10 heteroatoms. The van der Waals surface area contributed by atoms with E-state index in [9.17, 15) is 27.2 Å². The van der Waals surface area contributed by atoms with Crippen molar-refractivity contribution in [1.29, 1.82) is 0 Å². The average Bonchev–Trinajstić information content (AvgIpc) is 3.12. The minimum atomic E-state index is -4.73. The van der Waals surface area contributed by atoms with Crippen molar-refractivity contribution >= 4 is 11.8 Å². The van der Waals surface area contributed by atoms with Crippen LogP contribution in [0.15, 0.2) is 42.6 Å². The zero-order valence-corrected chi connectivity index (χ0v) is 17.3. The lowest BCUT2D eigenvalue weighted by Gasteiger charge is -2.30. The fourth-order valence-electron chi connectivity index (χ4n) is 3.80. The summed E-state index contributed by atoms with van der Waals surface area (Å²) >= 11 is 0. The van der Waals surface area contributed by atoms with E-state index in [2.05, 4.69) is 10.3 Å². The molecular formula is C22H23F4N3O3. The zero-order chi connectivity index (χ0) is 23.4. The van der Waals surface area contributed by atoms with Crippen LogP contribution in [0.5, 0.6) is 5.75 Å². The van der Waals surface area contributed by atoms with Crippen LogP contribution in [0.3, 0.4) is 0 Å². The number of carbonyl (C=O) groups is 2. The van der Waals surface area contributed by atoms with Crippen LogP contribution in [0.4, 0.5) is 17.6 Å². The topological polar surface area (TPSA) is 80.3 Å². The van der Waals surface area contributed by atoms with Crippen LogP contribution < -0.4 is 15.4 Å². The van der Waals surface area contributed by atoms with E-state index in [0.717, 1.165) is 0 Å². The molecule has 0 spiro atoms. The van der Waals surface area contributed by atoms with Crippen LogP contribution in [-0.2, 0) is 16.0 Å². The lowest BCUT2D eigenvalue weighted by molar-refractivity contribution is -0.164. The number of carbonyl (C=O) groups excluding carboxylic acids is 2. The number of halogens is 4. The quantitative estimate of drug-likeness (QED) is 0.599. The van der Waals surface area contributed by atoms with Crippen molar-refractivity contribution in [3.8, 4) is 5.75 Å². The number of hydrogen-bond acceptors (Lipinski definition) is 4. The molecule has 32 heavy (non-hydrogen) atoms. The first-order chi connectivity index (χ1) is 15.1. The van der Waals surface area contributed by atoms with E-state index in [0.29, 0.717) is 17.7 Å². The molecule has 1 fully saturated rings. The highest BCUT2D eigenvalue weighted by Crippen LogP contribution is 2.33. The van der Waals surface area contributed by atoms with E-state index < -0.39 is 29.5 Å². The largest absolute Gasteiger partial charge is 0.497 e. The van der Waals surface area contributed by atoms with E-state index in [1.807, 2.05) is 5.32 Å². The monoisotopic (exact) mass is 453 g/mol. The van der Waals surface area contributed by atoms with Gasteiger partial charge in [0.2, 0.25) is 11.8 Å². The Bertz CT molecular complexity index is 969. The molecule has 0 unspecified atom stereocenters. The van der Waals surface area contributed by atoms with Crippen molar-refractivity contribution in [3.63, 3.8) is 0 Å². The van der Waals surface area contributed by atoms with Crippen LogP contribution in [0, 0.1) is 5.82 Å². The van der Waals surface area contributed by atoms with Crippen molar-refractivity contribution < 1.29 is 31.9 Å². The molecule has 1 aromatic heterocycles. The summed E-state index contributed by atoms with van der Waals surface area (Å²) in [7, 11) is 1.41. The summed E-state index contributed by atoms with van der Waals surface area (Å²) in [5.74, 6) is -1.28. The van der Waals surface area contributed by atoms with Crippen LogP contribution >= 0.6 is 0 Å². The Labute approximate surface area is 182 Å². The van der Waals surface area contributed by atoms with Gasteiger partial charge >= 0.3 is 6.18 Å². The summed E-state index contributed by atoms with van der Waals surface area (Å²) in [6.45, 7) is 0. The van der Waals surface area contributed by atoms with Gasteiger partial charge in [0.1, 0.15) is 11.6 Å². The second kappa shape index (κ2) is 9.54. The van der Waals surface area contributed by atoms with Gasteiger partial charge in [-0.15, -0.1) is 0 Å². The SMILES string of the molecule is COc1ccc(C[C@@]2(CCC(=O)N[C@@H](c3ccccn3)C(F)(F)F)CCC(=O)N2)c(F)c1. The molecule has 172 valence electrons. The van der Waals surface area contributed by atoms with E-state index in [-0.39, 0.29) is 37.3 Å². The lowest BCUT2D eigenvalue weighted by Crippen LogP contribution is -2.45. The number of pyridine rings is 1. The highest BCUT2D eigenvalue weighted by atomic mass is 19.4. The van der Waals surface area contributed by atoms with Crippen LogP contribution in [0.1, 0.15) is 43.0 Å². The number of ether oxygens (including phenoxy) is 1. The standard InChI is InChI=1S/C22H23F4N3O3/c1-32-15-6-5-14(16(23)12-15)13-21(10-8-19(31)29-21)9-7-18(30)28-20(22(24,25)26)17-4-2-3-11-27-17/h2-6,11-12,20H,7-10,13H2,1H3,(H,28,30)(H,29,31)/t20-,21+/m0/s1. The Morgan fingerprint density at radius 2 is 2.09 bits per heavy atom. The fraction of sp³-hybridized carbons (Fsp3) is 0.409. The molecule has 1 aromatic carbocycles. The second-order valence-electron chi connectivity index (χ2n) is 7.76. The third-order valence-corrected chi connectivity index (χ3v) is 5.47. The highest BCUT2D eigenvalue weighted by molar-refractivity contribution is 5.80. The minimum Gasteiger partial charge on any atom is -0.497 e. The third kappa shape index (κ3) is 5.74. The van der Waals surface area contributed by atoms with Crippen molar-refractivity contribution in [2.24, 2.45) is 0 Å². The van der Waals surface area contributed by atoms with E-state index in [4.69, 9.17) is 4.74 Å². The maximum Gasteiger partial charge on any atom is 0.414 e. The molecule has 2 aromatic rings. The smallest absolute Gasteiger partial charge is 0.414 e. The molecule has 2 atom stereocenters. The third-order valence-electron chi connectivity index (χ3n) is 5.47. The maximum atomic E-state index is 14.4. The van der Waals surface area contributed by atoms with Gasteiger partial charge in [0.05, 0.1) is 12.8 Å². The molecule has 0 aliphatic carbocycles. The van der Waals surface area contributed by atoms with Crippen molar-refractivity contribution in [3.05, 3.63) is 59.7 Å². The first-order valence-corrected chi connectivity index (χ1v) is 10.0. The number of nitrogens with zero attached hydrogens (tertiary/aromatic N) is 1. The Morgan fingerprint density at radius 1 is 1.31 bits per heavy atom. The number of nitrogens with one attached hydrogen (secondary N) is 2. The van der Waals surface area contributed by atoms with Crippen LogP contribution in [0.2, 0.25) is 0 Å². The normalized spacial score (nSPS) is 19.3. The number of amides is 2. The Balaban J connectivity index is 1.71. The summed E-state index contributed by atoms with van der Waals surface area (Å²) in [5.41, 5.74) is -0.935. The van der Waals surface area contributed by atoms with Crippen molar-refractivity contribution in [2.75, 3.05) is 7.11 Å². The van der Waals surface area contributed by atoms with Gasteiger partial charge in [0.25, 0.3) is 0 Å². The lowest BCUT2D eigenvalue weighted by atomic mass is 9.84. The molecule has 0 saturated carbocycles. The maximum absolute atomic E-state index is 14.4. The van der Waals surface area contributed by atoms with Crippen LogP contribution in [-0.4, -0.2) is 35.6 Å². The molecule has 6 nitrogen and oxygen atoms in total. The molecule has 1 saturated heterocycles. The van der Waals surface area contributed by atoms with Gasteiger partial charge in [-0.25, -0.2) is 4.39 Å². The molecule has 1 aliphatic rings. The van der Waals surface area contributed by atoms with Crippen LogP contribution in [0.25, 0.3) is 0 Å². The highest BCUT2D eigenvalue weighted by Gasteiger charge is 2.43. The van der Waals surface area contributed by atoms with Crippen molar-refractivity contribution in [2.45, 2.75) is 49.9 Å². The summed E-state index contributed by atoms with van der Waals surface area (Å²) in [4.78, 5) is 28.0. The molecule has 2 amide bonds. The Morgan fingerprint density at radius 3 is 2.66 bits per heavy atom. The molecule has 2 N–H and O–H groups in total. The van der Waals surface area contributed by atoms with Crippen molar-refractivity contribution in [1.82, 2.24) is 15.6 Å². The first kappa shape index (κ1) is 23.5. The number of methoxy groups -OCH3 is 1. The van der Waals surface area contributed by atoms with E-state index in [1.165, 1.54) is 43.6 Å². The van der Waals surface area contributed by atoms with Gasteiger partial charge in [0.15, 0.2) is 6.04 Å². The minimum absolute atomic E-state index is 0.0584. The molecule has 2 heterocycles. The summed E-state index contributed by atoms with van der Waals surface area (Å²) in [6.07, 6.45) is -3.10. The zero-order valence-electron chi connectivity index (χ0n) is 17.3. The summed E-state index contributed by atoms with van der Waals surface area (Å²) in [6, 6.07) is 6.14. The number of alkyl halides is 3. The van der Waals surface area contributed by atoms with Gasteiger partial charge < -0.3 is 15.4 Å². The Hall–Kier alpha value is -3.17. The van der Waals surface area contributed by atoms with E-state index in [1.54, 1.807) is 6.07 Å². The van der Waals surface area contributed by atoms with E-state index >= 15 is 0 Å². The summed E-state index contributed by atoms with van der Waals surface area (Å²) < 4.78 is 59.8. The number of benzene rings is 1. The number of rotatable bonds is 8. The molecule has 1 aliphatic heterocycles. The van der Waals surface area contributed by atoms with Gasteiger partial charge in [0, 0.05) is 30.6 Å². The average molecular weight is 453 g/mol. The predicted molar refractivity (Wildman–Crippen MR) is 107 cm³/mol. The number of hydrogen-bond donors (Lipinski definition) is 2. The first-order valence-electron chi connectivity index (χ1n) is 10.0. The molecule has 0 bridgehead atoms. The number of aromatic nitrogens is 1.